The fraction of sp³-hybridized carbons (Fsp3) is 0.941. The Morgan fingerprint density at radius 1 is 0.707 bits per heavy atom. The zero-order valence-electron chi connectivity index (χ0n) is 43.1. The van der Waals surface area contributed by atoms with E-state index in [-0.39, 0.29) is 41.3 Å². The Morgan fingerprint density at radius 2 is 1.31 bits per heavy atom. The second kappa shape index (κ2) is 22.3. The SMILES string of the molecule is C[C@H](CC[C@]1(O)O[C@H]2C[C@H]3[C@@H]4CC=C5C[C@@H](O[C@@H]6O[C@H](C(=O)O)[C@@H](O)[C@H](O[C@@H]7O[C@H](CO)[C@@H](O)[C@H](O)[C@H]7O)[C@H]6O[C@@H]6O[C@@H](C)[C@H](O)[C@@H](O)[C@H]6O)CC[C@]5(C)[C@H]4CC[C@]3(C)[C@H]2[C@@H]1C)CO[C@@H]1O[C@H](CO)[C@@H](O)[C@H](O)[C@H]1O. The molecule has 5 heterocycles. The summed E-state index contributed by atoms with van der Waals surface area (Å²) < 4.78 is 54.1. The van der Waals surface area contributed by atoms with Gasteiger partial charge in [0.2, 0.25) is 0 Å². The van der Waals surface area contributed by atoms with E-state index in [1.165, 1.54) is 12.5 Å². The number of carboxylic acids is 1. The number of fused-ring (bicyclic) bond motifs is 7. The topological polar surface area (TPSA) is 383 Å². The average molecular weight is 1080 g/mol. The van der Waals surface area contributed by atoms with E-state index in [1.54, 1.807) is 0 Å². The van der Waals surface area contributed by atoms with Gasteiger partial charge in [0.05, 0.1) is 38.1 Å². The number of carbonyl (C=O) groups is 1. The third-order valence-electron chi connectivity index (χ3n) is 19.5. The smallest absolute Gasteiger partial charge is 0.335 e. The lowest BCUT2D eigenvalue weighted by molar-refractivity contribution is -0.390. The second-order valence-corrected chi connectivity index (χ2v) is 23.9. The molecule has 0 amide bonds. The molecule has 24 nitrogen and oxygen atoms in total. The third-order valence-corrected chi connectivity index (χ3v) is 19.5. The molecule has 3 saturated carbocycles. The van der Waals surface area contributed by atoms with Crippen molar-refractivity contribution in [3.63, 3.8) is 0 Å². The van der Waals surface area contributed by atoms with Gasteiger partial charge in [0, 0.05) is 12.3 Å². The van der Waals surface area contributed by atoms with Gasteiger partial charge >= 0.3 is 5.97 Å². The standard InChI is InChI=1S/C51H82O24/c1-19(18-67-45-37(60)35(58)32(55)28(16-52)70-45)8-13-51(66)20(2)30-27(75-51)15-26-24-7-6-22-14-23(9-11-49(22,4)25(24)10-12-50(26,30)5)69-48-43(74-46-38(61)34(57)31(54)21(3)68-46)41(40(63)42(73-48)44(64)65)72-47-39(62)36(59)33(56)29(17-53)71-47/h6,19-21,23-43,45-48,52-63,66H,7-18H2,1-5H3,(H,64,65)/t19-,20+,21+,23+,24-,25+,26+,27+,28-,29-,30+,31+,32-,33-,34-,35+,36+,37-,38-,39-,40+,41+,42+,43-,45-,46+,47+,48-,49+,50+,51+/m1/s1. The highest BCUT2D eigenvalue weighted by Gasteiger charge is 2.68. The van der Waals surface area contributed by atoms with E-state index in [0.717, 1.165) is 25.7 Å². The van der Waals surface area contributed by atoms with Crippen LogP contribution < -0.4 is 0 Å². The van der Waals surface area contributed by atoms with Gasteiger partial charge in [-0.1, -0.05) is 39.3 Å². The fourth-order valence-corrected chi connectivity index (χ4v) is 15.0. The highest BCUT2D eigenvalue weighted by molar-refractivity contribution is 5.73. The van der Waals surface area contributed by atoms with Crippen LogP contribution in [0.1, 0.15) is 92.4 Å². The van der Waals surface area contributed by atoms with Crippen molar-refractivity contribution in [2.45, 2.75) is 233 Å². The van der Waals surface area contributed by atoms with E-state index in [1.807, 2.05) is 6.92 Å². The van der Waals surface area contributed by atoms with Crippen molar-refractivity contribution >= 4 is 5.97 Å². The van der Waals surface area contributed by atoms with Crippen molar-refractivity contribution < 1.29 is 119 Å². The van der Waals surface area contributed by atoms with Gasteiger partial charge in [0.15, 0.2) is 37.1 Å². The van der Waals surface area contributed by atoms with E-state index in [0.29, 0.717) is 49.9 Å². The van der Waals surface area contributed by atoms with Gasteiger partial charge in [0.1, 0.15) is 85.5 Å². The molecule has 8 fully saturated rings. The molecule has 430 valence electrons. The van der Waals surface area contributed by atoms with Gasteiger partial charge in [-0.2, -0.15) is 0 Å². The zero-order valence-corrected chi connectivity index (χ0v) is 43.1. The highest BCUT2D eigenvalue weighted by Crippen LogP contribution is 2.70. The molecule has 0 spiro atoms. The first kappa shape index (κ1) is 58.0. The monoisotopic (exact) mass is 1080 g/mol. The molecule has 0 unspecified atom stereocenters. The number of aliphatic carboxylic acids is 1. The highest BCUT2D eigenvalue weighted by atomic mass is 16.8. The number of aliphatic hydroxyl groups is 13. The van der Waals surface area contributed by atoms with Crippen LogP contribution in [0.4, 0.5) is 0 Å². The Kier molecular flexibility index (Phi) is 17.3. The number of ether oxygens (including phenoxy) is 9. The van der Waals surface area contributed by atoms with Gasteiger partial charge in [-0.3, -0.25) is 0 Å². The van der Waals surface area contributed by atoms with Crippen molar-refractivity contribution in [2.24, 2.45) is 46.3 Å². The fourth-order valence-electron chi connectivity index (χ4n) is 15.0. The number of rotatable bonds is 15. The van der Waals surface area contributed by atoms with Crippen LogP contribution in [0.5, 0.6) is 0 Å². The summed E-state index contributed by atoms with van der Waals surface area (Å²) >= 11 is 0. The molecule has 24 heteroatoms. The van der Waals surface area contributed by atoms with Gasteiger partial charge < -0.3 is 114 Å². The lowest BCUT2D eigenvalue weighted by atomic mass is 9.47. The molecule has 31 atom stereocenters. The Morgan fingerprint density at radius 3 is 1.95 bits per heavy atom. The van der Waals surface area contributed by atoms with E-state index < -0.39 is 154 Å². The van der Waals surface area contributed by atoms with Crippen LogP contribution in [0.3, 0.4) is 0 Å². The minimum atomic E-state index is -2.08. The first-order valence-corrected chi connectivity index (χ1v) is 26.9. The van der Waals surface area contributed by atoms with Crippen LogP contribution in [0.2, 0.25) is 0 Å². The molecular formula is C51H82O24. The molecule has 0 bridgehead atoms. The second-order valence-electron chi connectivity index (χ2n) is 23.9. The molecule has 75 heavy (non-hydrogen) atoms. The van der Waals surface area contributed by atoms with Crippen molar-refractivity contribution in [3.05, 3.63) is 11.6 Å². The number of hydrogen-bond donors (Lipinski definition) is 14. The largest absolute Gasteiger partial charge is 0.479 e. The number of allylic oxidation sites excluding steroid dienone is 1. The first-order valence-electron chi connectivity index (χ1n) is 26.9. The molecule has 0 aromatic carbocycles. The Hall–Kier alpha value is -1.67. The van der Waals surface area contributed by atoms with Crippen LogP contribution in [0.25, 0.3) is 0 Å². The maximum Gasteiger partial charge on any atom is 0.335 e. The summed E-state index contributed by atoms with van der Waals surface area (Å²) in [6.07, 6.45) is -25.6. The predicted octanol–water partition coefficient (Wildman–Crippen LogP) is -2.91. The molecule has 5 saturated heterocycles. The van der Waals surface area contributed by atoms with Crippen LogP contribution in [0, 0.1) is 46.3 Å². The van der Waals surface area contributed by atoms with E-state index in [9.17, 15) is 76.3 Å². The van der Waals surface area contributed by atoms with Crippen LogP contribution >= 0.6 is 0 Å². The number of hydrogen-bond acceptors (Lipinski definition) is 23. The van der Waals surface area contributed by atoms with Crippen LogP contribution in [0.15, 0.2) is 11.6 Å². The van der Waals surface area contributed by atoms with E-state index in [4.69, 9.17) is 42.6 Å². The Bertz CT molecular complexity index is 2000. The molecule has 14 N–H and O–H groups in total. The molecule has 0 aromatic rings. The minimum absolute atomic E-state index is 0.101. The summed E-state index contributed by atoms with van der Waals surface area (Å²) in [6, 6.07) is 0. The normalized spacial score (nSPS) is 54.3. The maximum atomic E-state index is 12.7. The van der Waals surface area contributed by atoms with Gasteiger partial charge in [-0.05, 0) is 98.7 Å². The van der Waals surface area contributed by atoms with Crippen molar-refractivity contribution in [1.29, 1.82) is 0 Å². The minimum Gasteiger partial charge on any atom is -0.479 e. The Balaban J connectivity index is 0.874. The lowest BCUT2D eigenvalue weighted by Crippen LogP contribution is -2.67. The molecule has 0 radical (unpaired) electrons. The zero-order chi connectivity index (χ0) is 54.4. The summed E-state index contributed by atoms with van der Waals surface area (Å²) in [6.45, 7) is 8.83. The predicted molar refractivity (Wildman–Crippen MR) is 251 cm³/mol. The lowest BCUT2D eigenvalue weighted by Gasteiger charge is -2.58. The molecule has 9 aliphatic rings. The van der Waals surface area contributed by atoms with Gasteiger partial charge in [-0.25, -0.2) is 4.79 Å². The summed E-state index contributed by atoms with van der Waals surface area (Å²) in [5, 5.41) is 148. The van der Waals surface area contributed by atoms with Gasteiger partial charge in [0.25, 0.3) is 0 Å². The first-order chi connectivity index (χ1) is 35.4. The molecule has 9 rings (SSSR count). The summed E-state index contributed by atoms with van der Waals surface area (Å²) in [5.74, 6) is -2.18. The number of carboxylic acid groups (broad SMARTS) is 1. The number of aliphatic hydroxyl groups excluding tert-OH is 12. The van der Waals surface area contributed by atoms with Crippen LogP contribution in [-0.2, 0) is 47.4 Å². The molecular weight excluding hydrogens is 997 g/mol. The van der Waals surface area contributed by atoms with E-state index >= 15 is 0 Å². The van der Waals surface area contributed by atoms with E-state index in [2.05, 4.69) is 26.8 Å². The molecule has 4 aliphatic carbocycles. The molecule has 0 aromatic heterocycles. The van der Waals surface area contributed by atoms with Gasteiger partial charge in [-0.15, -0.1) is 0 Å². The average Bonchev–Trinajstić information content (AvgIpc) is 3.89. The summed E-state index contributed by atoms with van der Waals surface area (Å²) in [5.41, 5.74) is 0.831. The van der Waals surface area contributed by atoms with Crippen molar-refractivity contribution in [1.82, 2.24) is 0 Å². The summed E-state index contributed by atoms with van der Waals surface area (Å²) in [4.78, 5) is 12.7. The summed E-state index contributed by atoms with van der Waals surface area (Å²) in [7, 11) is 0. The maximum absolute atomic E-state index is 12.7. The third kappa shape index (κ3) is 10.4. The Labute approximate surface area is 435 Å². The quantitative estimate of drug-likeness (QED) is 0.0731. The van der Waals surface area contributed by atoms with Crippen LogP contribution in [-0.4, -0.2) is 238 Å². The van der Waals surface area contributed by atoms with Crippen molar-refractivity contribution in [3.8, 4) is 0 Å². The molecule has 5 aliphatic heterocycles. The van der Waals surface area contributed by atoms with Crippen molar-refractivity contribution in [2.75, 3.05) is 19.8 Å².